The third-order valence-corrected chi connectivity index (χ3v) is 4.14. The average molecular weight is 293 g/mol. The molecule has 0 aliphatic rings. The molecule has 5 nitrogen and oxygen atoms in total. The van der Waals surface area contributed by atoms with Gasteiger partial charge in [-0.25, -0.2) is 15.0 Å². The number of rotatable bonds is 2. The molecule has 4 aromatic rings. The number of imidazole rings is 1. The molecule has 0 fully saturated rings. The first-order chi connectivity index (χ1) is 10.3. The number of aromatic nitrogens is 4. The second-order valence-corrected chi connectivity index (χ2v) is 5.54. The number of anilines is 1. The van der Waals surface area contributed by atoms with Gasteiger partial charge >= 0.3 is 0 Å². The van der Waals surface area contributed by atoms with E-state index >= 15 is 0 Å². The molecule has 0 saturated heterocycles. The van der Waals surface area contributed by atoms with E-state index in [2.05, 4.69) is 21.0 Å². The van der Waals surface area contributed by atoms with Crippen LogP contribution in [0.15, 0.2) is 54.4 Å². The zero-order chi connectivity index (χ0) is 14.2. The van der Waals surface area contributed by atoms with Crippen LogP contribution in [0.4, 0.5) is 5.82 Å². The highest BCUT2D eigenvalue weighted by Gasteiger charge is 2.09. The van der Waals surface area contributed by atoms with Crippen LogP contribution in [0.1, 0.15) is 0 Å². The van der Waals surface area contributed by atoms with Gasteiger partial charge in [-0.1, -0.05) is 6.07 Å². The van der Waals surface area contributed by atoms with Crippen LogP contribution in [-0.2, 0) is 0 Å². The summed E-state index contributed by atoms with van der Waals surface area (Å²) < 4.78 is 2.02. The Bertz CT molecular complexity index is 894. The van der Waals surface area contributed by atoms with Crippen LogP contribution >= 0.6 is 11.3 Å². The summed E-state index contributed by atoms with van der Waals surface area (Å²) in [5.74, 6) is 0.508. The third-order valence-electron chi connectivity index (χ3n) is 3.25. The summed E-state index contributed by atoms with van der Waals surface area (Å²) in [6.45, 7) is 0. The Hall–Kier alpha value is -2.73. The molecule has 0 amide bonds. The number of nitrogen functional groups attached to an aromatic ring is 1. The van der Waals surface area contributed by atoms with Crippen LogP contribution in [0.2, 0.25) is 0 Å². The van der Waals surface area contributed by atoms with Gasteiger partial charge in [0, 0.05) is 18.0 Å². The SMILES string of the molecule is Nc1ccc(-c2cnc3cnc(-c4cccs4)cn23)cn1. The first-order valence-corrected chi connectivity index (χ1v) is 7.28. The van der Waals surface area contributed by atoms with E-state index in [4.69, 9.17) is 5.73 Å². The maximum atomic E-state index is 5.64. The molecule has 0 radical (unpaired) electrons. The van der Waals surface area contributed by atoms with Gasteiger partial charge in [0.05, 0.1) is 28.7 Å². The smallest absolute Gasteiger partial charge is 0.155 e. The van der Waals surface area contributed by atoms with Gasteiger partial charge in [0.25, 0.3) is 0 Å². The van der Waals surface area contributed by atoms with Crippen LogP contribution in [0.25, 0.3) is 27.5 Å². The molecule has 0 aliphatic carbocycles. The van der Waals surface area contributed by atoms with Crippen molar-refractivity contribution in [2.45, 2.75) is 0 Å². The molecule has 4 aromatic heterocycles. The summed E-state index contributed by atoms with van der Waals surface area (Å²) in [4.78, 5) is 14.1. The lowest BCUT2D eigenvalue weighted by Crippen LogP contribution is -1.93. The van der Waals surface area contributed by atoms with Gasteiger partial charge in [-0.3, -0.25) is 4.40 Å². The number of thiophene rings is 1. The molecule has 0 aliphatic heterocycles. The molecular weight excluding hydrogens is 282 g/mol. The molecule has 4 heterocycles. The van der Waals surface area contributed by atoms with Crippen molar-refractivity contribution in [1.82, 2.24) is 19.4 Å². The molecule has 102 valence electrons. The van der Waals surface area contributed by atoms with Gasteiger partial charge < -0.3 is 5.73 Å². The standard InChI is InChI=1S/C15H11N5S/c16-14-4-3-10(6-18-14)12-7-19-15-8-17-11(9-20(12)15)13-2-1-5-21-13/h1-9H,(H2,16,18). The monoisotopic (exact) mass is 293 g/mol. The highest BCUT2D eigenvalue weighted by molar-refractivity contribution is 7.13. The van der Waals surface area contributed by atoms with E-state index in [0.717, 1.165) is 27.5 Å². The normalized spacial score (nSPS) is 11.0. The zero-order valence-corrected chi connectivity index (χ0v) is 11.8. The van der Waals surface area contributed by atoms with E-state index in [-0.39, 0.29) is 0 Å². The number of hydrogen-bond donors (Lipinski definition) is 1. The number of hydrogen-bond acceptors (Lipinski definition) is 5. The molecule has 0 bridgehead atoms. The predicted molar refractivity (Wildman–Crippen MR) is 83.9 cm³/mol. The Morgan fingerprint density at radius 1 is 1.00 bits per heavy atom. The van der Waals surface area contributed by atoms with Crippen molar-refractivity contribution < 1.29 is 0 Å². The van der Waals surface area contributed by atoms with Crippen molar-refractivity contribution in [2.75, 3.05) is 5.73 Å². The lowest BCUT2D eigenvalue weighted by Gasteiger charge is -2.04. The predicted octanol–water partition coefficient (Wildman–Crippen LogP) is 3.10. The molecular formula is C15H11N5S. The molecule has 2 N–H and O–H groups in total. The van der Waals surface area contributed by atoms with Crippen LogP contribution < -0.4 is 5.73 Å². The molecule has 4 rings (SSSR count). The number of nitrogens with zero attached hydrogens (tertiary/aromatic N) is 4. The molecule has 0 aromatic carbocycles. The Morgan fingerprint density at radius 3 is 2.71 bits per heavy atom. The van der Waals surface area contributed by atoms with E-state index < -0.39 is 0 Å². The minimum absolute atomic E-state index is 0.508. The molecule has 21 heavy (non-hydrogen) atoms. The first-order valence-electron chi connectivity index (χ1n) is 6.40. The fraction of sp³-hybridized carbons (Fsp3) is 0. The Kier molecular flexibility index (Phi) is 2.68. The van der Waals surface area contributed by atoms with Crippen molar-refractivity contribution in [3.63, 3.8) is 0 Å². The highest BCUT2D eigenvalue weighted by atomic mass is 32.1. The Labute approximate surface area is 124 Å². The maximum Gasteiger partial charge on any atom is 0.155 e. The lowest BCUT2D eigenvalue weighted by atomic mass is 10.2. The minimum atomic E-state index is 0.508. The maximum absolute atomic E-state index is 5.64. The van der Waals surface area contributed by atoms with Gasteiger partial charge in [-0.2, -0.15) is 0 Å². The first kappa shape index (κ1) is 12.0. The van der Waals surface area contributed by atoms with Gasteiger partial charge in [0.2, 0.25) is 0 Å². The summed E-state index contributed by atoms with van der Waals surface area (Å²) in [6.07, 6.45) is 7.36. The van der Waals surface area contributed by atoms with E-state index in [1.807, 2.05) is 34.3 Å². The molecule has 6 heteroatoms. The molecule has 0 saturated carbocycles. The van der Waals surface area contributed by atoms with Crippen molar-refractivity contribution in [3.8, 4) is 21.8 Å². The third kappa shape index (κ3) is 2.05. The van der Waals surface area contributed by atoms with E-state index in [9.17, 15) is 0 Å². The van der Waals surface area contributed by atoms with Crippen molar-refractivity contribution in [1.29, 1.82) is 0 Å². The Balaban J connectivity index is 1.90. The number of pyridine rings is 1. The second-order valence-electron chi connectivity index (χ2n) is 4.59. The van der Waals surface area contributed by atoms with Gasteiger partial charge in [-0.05, 0) is 23.6 Å². The quantitative estimate of drug-likeness (QED) is 0.616. The number of nitrogens with two attached hydrogens (primary N) is 1. The summed E-state index contributed by atoms with van der Waals surface area (Å²) >= 11 is 1.67. The van der Waals surface area contributed by atoms with Gasteiger partial charge in [0.1, 0.15) is 5.82 Å². The van der Waals surface area contributed by atoms with Gasteiger partial charge in [0.15, 0.2) is 5.65 Å². The zero-order valence-electron chi connectivity index (χ0n) is 11.0. The van der Waals surface area contributed by atoms with Gasteiger partial charge in [-0.15, -0.1) is 11.3 Å². The summed E-state index contributed by atoms with van der Waals surface area (Å²) in [5.41, 5.74) is 9.32. The summed E-state index contributed by atoms with van der Waals surface area (Å²) in [6, 6.07) is 7.80. The molecule has 0 spiro atoms. The van der Waals surface area contributed by atoms with E-state index in [1.165, 1.54) is 0 Å². The molecule has 0 unspecified atom stereocenters. The van der Waals surface area contributed by atoms with Crippen LogP contribution in [-0.4, -0.2) is 19.4 Å². The topological polar surface area (TPSA) is 69.1 Å². The molecule has 0 atom stereocenters. The largest absolute Gasteiger partial charge is 0.384 e. The number of fused-ring (bicyclic) bond motifs is 1. The van der Waals surface area contributed by atoms with Crippen molar-refractivity contribution >= 4 is 22.8 Å². The van der Waals surface area contributed by atoms with Crippen molar-refractivity contribution in [3.05, 3.63) is 54.4 Å². The fourth-order valence-corrected chi connectivity index (χ4v) is 2.90. The van der Waals surface area contributed by atoms with Crippen LogP contribution in [0.3, 0.4) is 0 Å². The van der Waals surface area contributed by atoms with E-state index in [1.54, 1.807) is 29.8 Å². The second kappa shape index (κ2) is 4.68. The Morgan fingerprint density at radius 2 is 1.95 bits per heavy atom. The highest BCUT2D eigenvalue weighted by Crippen LogP contribution is 2.25. The van der Waals surface area contributed by atoms with Crippen LogP contribution in [0, 0.1) is 0 Å². The minimum Gasteiger partial charge on any atom is -0.384 e. The summed E-state index contributed by atoms with van der Waals surface area (Å²) in [7, 11) is 0. The van der Waals surface area contributed by atoms with E-state index in [0.29, 0.717) is 5.82 Å². The van der Waals surface area contributed by atoms with Crippen LogP contribution in [0.5, 0.6) is 0 Å². The summed E-state index contributed by atoms with van der Waals surface area (Å²) in [5, 5.41) is 2.04. The average Bonchev–Trinajstić information content (AvgIpc) is 3.17. The fourth-order valence-electron chi connectivity index (χ4n) is 2.21. The van der Waals surface area contributed by atoms with Crippen molar-refractivity contribution in [2.24, 2.45) is 0 Å². The lowest BCUT2D eigenvalue weighted by molar-refractivity contribution is 1.14.